The molecule has 0 aromatic heterocycles. The fourth-order valence-corrected chi connectivity index (χ4v) is 1.95. The van der Waals surface area contributed by atoms with Crippen molar-refractivity contribution in [2.45, 2.75) is 25.4 Å². The molecule has 1 N–H and O–H groups in total. The highest BCUT2D eigenvalue weighted by Crippen LogP contribution is 2.26. The number of aliphatic hydroxyl groups is 1. The first-order valence-corrected chi connectivity index (χ1v) is 4.21. The van der Waals surface area contributed by atoms with Gasteiger partial charge < -0.3 is 5.11 Å². The van der Waals surface area contributed by atoms with Crippen molar-refractivity contribution >= 4 is 15.9 Å². The lowest BCUT2D eigenvalue weighted by molar-refractivity contribution is 0.144. The highest BCUT2D eigenvalue weighted by Gasteiger charge is 2.23. The van der Waals surface area contributed by atoms with Crippen molar-refractivity contribution in [2.24, 2.45) is 5.92 Å². The fraction of sp³-hybridized carbons (Fsp3) is 1.00. The van der Waals surface area contributed by atoms with Crippen molar-refractivity contribution in [3.8, 4) is 0 Å². The molecule has 0 spiro atoms. The second kappa shape index (κ2) is 2.83. The van der Waals surface area contributed by atoms with Crippen molar-refractivity contribution < 1.29 is 5.11 Å². The molecule has 0 heterocycles. The third-order valence-electron chi connectivity index (χ3n) is 1.82. The number of hydrogen-bond acceptors (Lipinski definition) is 1. The standard InChI is InChI=1S/C6H11BrO/c7-4-5-2-1-3-6(5)8/h5-6,8H,1-4H2. The van der Waals surface area contributed by atoms with Crippen LogP contribution in [0.3, 0.4) is 0 Å². The van der Waals surface area contributed by atoms with Crippen LogP contribution in [0.4, 0.5) is 0 Å². The Labute approximate surface area is 58.2 Å². The monoisotopic (exact) mass is 178 g/mol. The van der Waals surface area contributed by atoms with Gasteiger partial charge in [-0.1, -0.05) is 22.4 Å². The quantitative estimate of drug-likeness (QED) is 0.605. The van der Waals surface area contributed by atoms with E-state index in [9.17, 15) is 0 Å². The second-order valence-electron chi connectivity index (χ2n) is 2.41. The molecule has 0 radical (unpaired) electrons. The smallest absolute Gasteiger partial charge is 0.0576 e. The van der Waals surface area contributed by atoms with E-state index >= 15 is 0 Å². The summed E-state index contributed by atoms with van der Waals surface area (Å²) >= 11 is 3.36. The molecule has 1 aliphatic carbocycles. The largest absolute Gasteiger partial charge is 0.393 e. The minimum atomic E-state index is -0.0191. The predicted molar refractivity (Wildman–Crippen MR) is 37.1 cm³/mol. The van der Waals surface area contributed by atoms with E-state index in [1.165, 1.54) is 12.8 Å². The van der Waals surface area contributed by atoms with Gasteiger partial charge in [0.05, 0.1) is 6.10 Å². The Hall–Kier alpha value is 0.440. The van der Waals surface area contributed by atoms with E-state index in [0.29, 0.717) is 5.92 Å². The first-order valence-electron chi connectivity index (χ1n) is 3.08. The van der Waals surface area contributed by atoms with Gasteiger partial charge in [0.1, 0.15) is 0 Å². The Bertz CT molecular complexity index is 74.9. The average molecular weight is 179 g/mol. The van der Waals surface area contributed by atoms with Crippen LogP contribution in [0.15, 0.2) is 0 Å². The van der Waals surface area contributed by atoms with Crippen LogP contribution >= 0.6 is 15.9 Å². The normalized spacial score (nSPS) is 38.2. The lowest BCUT2D eigenvalue weighted by Gasteiger charge is -2.08. The molecule has 1 nitrogen and oxygen atoms in total. The summed E-state index contributed by atoms with van der Waals surface area (Å²) in [6, 6.07) is 0. The zero-order valence-corrected chi connectivity index (χ0v) is 6.39. The summed E-state index contributed by atoms with van der Waals surface area (Å²) in [5, 5.41) is 10.1. The Morgan fingerprint density at radius 2 is 2.25 bits per heavy atom. The van der Waals surface area contributed by atoms with Gasteiger partial charge in [-0.05, 0) is 18.8 Å². The summed E-state index contributed by atoms with van der Waals surface area (Å²) < 4.78 is 0. The fourth-order valence-electron chi connectivity index (χ4n) is 1.20. The van der Waals surface area contributed by atoms with Crippen molar-refractivity contribution in [3.63, 3.8) is 0 Å². The van der Waals surface area contributed by atoms with E-state index in [4.69, 9.17) is 5.11 Å². The van der Waals surface area contributed by atoms with Gasteiger partial charge in [-0.25, -0.2) is 0 Å². The molecular formula is C6H11BrO. The minimum absolute atomic E-state index is 0.0191. The van der Waals surface area contributed by atoms with Crippen LogP contribution in [0.1, 0.15) is 19.3 Å². The summed E-state index contributed by atoms with van der Waals surface area (Å²) in [5.41, 5.74) is 0. The Morgan fingerprint density at radius 1 is 1.50 bits per heavy atom. The Balaban J connectivity index is 2.30. The van der Waals surface area contributed by atoms with Crippen LogP contribution < -0.4 is 0 Å². The molecule has 1 aliphatic rings. The summed E-state index contributed by atoms with van der Waals surface area (Å²) in [4.78, 5) is 0. The van der Waals surface area contributed by atoms with Gasteiger partial charge in [0.2, 0.25) is 0 Å². The number of alkyl halides is 1. The van der Waals surface area contributed by atoms with E-state index < -0.39 is 0 Å². The number of rotatable bonds is 1. The van der Waals surface area contributed by atoms with E-state index in [0.717, 1.165) is 11.8 Å². The minimum Gasteiger partial charge on any atom is -0.393 e. The van der Waals surface area contributed by atoms with Crippen molar-refractivity contribution in [1.29, 1.82) is 0 Å². The molecule has 2 unspecified atom stereocenters. The van der Waals surface area contributed by atoms with E-state index in [2.05, 4.69) is 15.9 Å². The Kier molecular flexibility index (Phi) is 2.32. The van der Waals surface area contributed by atoms with Gasteiger partial charge >= 0.3 is 0 Å². The maximum atomic E-state index is 9.16. The number of hydrogen-bond donors (Lipinski definition) is 1. The number of aliphatic hydroxyl groups excluding tert-OH is 1. The van der Waals surface area contributed by atoms with Crippen LogP contribution in [0, 0.1) is 5.92 Å². The molecule has 0 aliphatic heterocycles. The van der Waals surface area contributed by atoms with Gasteiger partial charge in [-0.15, -0.1) is 0 Å². The molecule has 2 heteroatoms. The maximum absolute atomic E-state index is 9.16. The van der Waals surface area contributed by atoms with Gasteiger partial charge in [0.15, 0.2) is 0 Å². The van der Waals surface area contributed by atoms with Gasteiger partial charge in [0.25, 0.3) is 0 Å². The van der Waals surface area contributed by atoms with E-state index in [1.807, 2.05) is 0 Å². The molecule has 0 saturated heterocycles. The Morgan fingerprint density at radius 3 is 2.50 bits per heavy atom. The summed E-state index contributed by atoms with van der Waals surface area (Å²) in [6.07, 6.45) is 3.40. The molecule has 48 valence electrons. The lowest BCUT2D eigenvalue weighted by atomic mass is 10.1. The van der Waals surface area contributed by atoms with Crippen LogP contribution in [0.25, 0.3) is 0 Å². The van der Waals surface area contributed by atoms with Gasteiger partial charge in [-0.3, -0.25) is 0 Å². The zero-order chi connectivity index (χ0) is 5.98. The molecule has 0 amide bonds. The molecular weight excluding hydrogens is 168 g/mol. The highest BCUT2D eigenvalue weighted by atomic mass is 79.9. The maximum Gasteiger partial charge on any atom is 0.0576 e. The molecule has 8 heavy (non-hydrogen) atoms. The molecule has 0 bridgehead atoms. The molecule has 1 fully saturated rings. The molecule has 1 saturated carbocycles. The van der Waals surface area contributed by atoms with Gasteiger partial charge in [0, 0.05) is 5.33 Å². The summed E-state index contributed by atoms with van der Waals surface area (Å²) in [6.45, 7) is 0. The summed E-state index contributed by atoms with van der Waals surface area (Å²) in [7, 11) is 0. The third-order valence-corrected chi connectivity index (χ3v) is 2.65. The highest BCUT2D eigenvalue weighted by molar-refractivity contribution is 9.09. The van der Waals surface area contributed by atoms with Crippen LogP contribution in [-0.4, -0.2) is 16.5 Å². The average Bonchev–Trinajstić information content (AvgIpc) is 2.14. The van der Waals surface area contributed by atoms with Crippen LogP contribution in [-0.2, 0) is 0 Å². The molecule has 1 rings (SSSR count). The predicted octanol–water partition coefficient (Wildman–Crippen LogP) is 1.54. The molecule has 2 atom stereocenters. The van der Waals surface area contributed by atoms with Crippen LogP contribution in [0.5, 0.6) is 0 Å². The zero-order valence-electron chi connectivity index (χ0n) is 4.81. The van der Waals surface area contributed by atoms with Crippen molar-refractivity contribution in [1.82, 2.24) is 0 Å². The van der Waals surface area contributed by atoms with Crippen molar-refractivity contribution in [3.05, 3.63) is 0 Å². The summed E-state index contributed by atoms with van der Waals surface area (Å²) in [5.74, 6) is 0.537. The SMILES string of the molecule is OC1CCCC1CBr. The van der Waals surface area contributed by atoms with Gasteiger partial charge in [-0.2, -0.15) is 0 Å². The topological polar surface area (TPSA) is 20.2 Å². The first kappa shape index (κ1) is 6.56. The molecule has 0 aromatic rings. The number of halogens is 1. The lowest BCUT2D eigenvalue weighted by Crippen LogP contribution is -2.13. The van der Waals surface area contributed by atoms with E-state index in [-0.39, 0.29) is 6.10 Å². The van der Waals surface area contributed by atoms with Crippen LogP contribution in [0.2, 0.25) is 0 Å². The molecule has 0 aromatic carbocycles. The first-order chi connectivity index (χ1) is 3.84. The third kappa shape index (κ3) is 1.23. The van der Waals surface area contributed by atoms with E-state index in [1.54, 1.807) is 0 Å². The van der Waals surface area contributed by atoms with Crippen molar-refractivity contribution in [2.75, 3.05) is 5.33 Å². The second-order valence-corrected chi connectivity index (χ2v) is 3.06.